The van der Waals surface area contributed by atoms with Gasteiger partial charge in [0.05, 0.1) is 7.11 Å². The third kappa shape index (κ3) is 4.76. The number of rotatable bonds is 7. The minimum Gasteiger partial charge on any atom is -0.496 e. The lowest BCUT2D eigenvalue weighted by Gasteiger charge is -2.17. The van der Waals surface area contributed by atoms with Crippen LogP contribution >= 0.6 is 0 Å². The highest BCUT2D eigenvalue weighted by Gasteiger charge is 2.04. The summed E-state index contributed by atoms with van der Waals surface area (Å²) in [6.45, 7) is 2.28. The second kappa shape index (κ2) is 7.54. The maximum atomic E-state index is 8.16. The molecule has 0 aliphatic carbocycles. The summed E-state index contributed by atoms with van der Waals surface area (Å²) in [7, 11) is 3.73. The molecular formula is C12H18N4O. The quantitative estimate of drug-likeness (QED) is 0.315. The highest BCUT2D eigenvalue weighted by atomic mass is 16.5. The summed E-state index contributed by atoms with van der Waals surface area (Å²) in [6, 6.07) is 7.99. The molecular weight excluding hydrogens is 216 g/mol. The van der Waals surface area contributed by atoms with Gasteiger partial charge in [0.1, 0.15) is 5.75 Å². The zero-order chi connectivity index (χ0) is 12.5. The molecule has 1 rings (SSSR count). The fourth-order valence-electron chi connectivity index (χ4n) is 1.66. The zero-order valence-electron chi connectivity index (χ0n) is 10.3. The van der Waals surface area contributed by atoms with Crippen molar-refractivity contribution in [1.82, 2.24) is 4.90 Å². The van der Waals surface area contributed by atoms with Crippen LogP contribution in [0.25, 0.3) is 10.4 Å². The summed E-state index contributed by atoms with van der Waals surface area (Å²) < 4.78 is 5.30. The van der Waals surface area contributed by atoms with Crippen molar-refractivity contribution in [1.29, 1.82) is 0 Å². The van der Waals surface area contributed by atoms with Crippen molar-refractivity contribution in [3.63, 3.8) is 0 Å². The van der Waals surface area contributed by atoms with Crippen LogP contribution in [0, 0.1) is 0 Å². The number of ether oxygens (including phenoxy) is 1. The Bertz CT molecular complexity index is 388. The molecule has 0 aliphatic rings. The first-order valence-corrected chi connectivity index (χ1v) is 5.59. The Hall–Kier alpha value is -1.71. The van der Waals surface area contributed by atoms with E-state index < -0.39 is 0 Å². The lowest BCUT2D eigenvalue weighted by Crippen LogP contribution is -2.20. The molecule has 5 heteroatoms. The minimum absolute atomic E-state index is 0.548. The third-order valence-electron chi connectivity index (χ3n) is 2.49. The van der Waals surface area contributed by atoms with Crippen molar-refractivity contribution >= 4 is 0 Å². The molecule has 0 aliphatic heterocycles. The van der Waals surface area contributed by atoms with Gasteiger partial charge in [0, 0.05) is 23.6 Å². The molecule has 0 fully saturated rings. The second-order valence-corrected chi connectivity index (χ2v) is 3.86. The van der Waals surface area contributed by atoms with Crippen LogP contribution in [-0.4, -0.2) is 32.1 Å². The number of hydrogen-bond donors (Lipinski definition) is 0. The molecule has 0 radical (unpaired) electrons. The highest BCUT2D eigenvalue weighted by molar-refractivity contribution is 5.32. The van der Waals surface area contributed by atoms with Gasteiger partial charge in [-0.3, -0.25) is 0 Å². The van der Waals surface area contributed by atoms with Gasteiger partial charge in [-0.2, -0.15) is 0 Å². The van der Waals surface area contributed by atoms with Crippen LogP contribution < -0.4 is 4.74 Å². The number of nitrogens with zero attached hydrogens (tertiary/aromatic N) is 4. The van der Waals surface area contributed by atoms with Gasteiger partial charge in [-0.25, -0.2) is 0 Å². The number of hydrogen-bond acceptors (Lipinski definition) is 3. The maximum Gasteiger partial charge on any atom is 0.123 e. The molecule has 5 nitrogen and oxygen atoms in total. The second-order valence-electron chi connectivity index (χ2n) is 3.86. The Labute approximate surface area is 102 Å². The van der Waals surface area contributed by atoms with Crippen molar-refractivity contribution in [2.24, 2.45) is 5.11 Å². The molecule has 0 atom stereocenters. The van der Waals surface area contributed by atoms with Crippen molar-refractivity contribution in [2.75, 3.05) is 27.2 Å². The summed E-state index contributed by atoms with van der Waals surface area (Å²) in [5.74, 6) is 0.911. The Morgan fingerprint density at radius 3 is 2.88 bits per heavy atom. The van der Waals surface area contributed by atoms with E-state index in [2.05, 4.69) is 21.0 Å². The van der Waals surface area contributed by atoms with Crippen LogP contribution in [-0.2, 0) is 6.54 Å². The van der Waals surface area contributed by atoms with Crippen LogP contribution in [0.3, 0.4) is 0 Å². The lowest BCUT2D eigenvalue weighted by molar-refractivity contribution is 0.315. The predicted molar refractivity (Wildman–Crippen MR) is 68.0 cm³/mol. The van der Waals surface area contributed by atoms with E-state index in [1.54, 1.807) is 7.11 Å². The van der Waals surface area contributed by atoms with Gasteiger partial charge in [0.15, 0.2) is 0 Å². The fraction of sp³-hybridized carbons (Fsp3) is 0.500. The Morgan fingerprint density at radius 2 is 2.18 bits per heavy atom. The van der Waals surface area contributed by atoms with Crippen molar-refractivity contribution in [2.45, 2.75) is 13.0 Å². The largest absolute Gasteiger partial charge is 0.496 e. The van der Waals surface area contributed by atoms with E-state index in [9.17, 15) is 0 Å². The molecule has 92 valence electrons. The van der Waals surface area contributed by atoms with E-state index in [1.807, 2.05) is 25.2 Å². The molecule has 0 saturated heterocycles. The number of para-hydroxylation sites is 1. The third-order valence-corrected chi connectivity index (χ3v) is 2.49. The van der Waals surface area contributed by atoms with Crippen molar-refractivity contribution in [3.8, 4) is 5.75 Å². The maximum absolute atomic E-state index is 8.16. The lowest BCUT2D eigenvalue weighted by atomic mass is 10.2. The smallest absolute Gasteiger partial charge is 0.123 e. The first-order chi connectivity index (χ1) is 8.27. The van der Waals surface area contributed by atoms with E-state index in [-0.39, 0.29) is 0 Å². The molecule has 1 aromatic rings. The molecule has 0 N–H and O–H groups in total. The Kier molecular flexibility index (Phi) is 5.93. The average Bonchev–Trinajstić information content (AvgIpc) is 2.35. The van der Waals surface area contributed by atoms with Gasteiger partial charge in [-0.15, -0.1) is 0 Å². The Balaban J connectivity index is 2.44. The summed E-state index contributed by atoms with van der Waals surface area (Å²) in [6.07, 6.45) is 0.871. The Morgan fingerprint density at radius 1 is 1.41 bits per heavy atom. The van der Waals surface area contributed by atoms with Crippen LogP contribution in [0.15, 0.2) is 29.4 Å². The van der Waals surface area contributed by atoms with Crippen LogP contribution in [0.4, 0.5) is 0 Å². The van der Waals surface area contributed by atoms with Gasteiger partial charge < -0.3 is 9.64 Å². The van der Waals surface area contributed by atoms with Crippen LogP contribution in [0.1, 0.15) is 12.0 Å². The number of methoxy groups -OCH3 is 1. The molecule has 0 spiro atoms. The molecule has 0 saturated carbocycles. The van der Waals surface area contributed by atoms with Gasteiger partial charge >= 0.3 is 0 Å². The molecule has 0 amide bonds. The van der Waals surface area contributed by atoms with Crippen molar-refractivity contribution in [3.05, 3.63) is 40.3 Å². The van der Waals surface area contributed by atoms with Crippen LogP contribution in [0.2, 0.25) is 0 Å². The van der Waals surface area contributed by atoms with E-state index in [4.69, 9.17) is 10.3 Å². The van der Waals surface area contributed by atoms with E-state index in [1.165, 1.54) is 5.56 Å². The zero-order valence-corrected chi connectivity index (χ0v) is 10.3. The minimum atomic E-state index is 0.548. The predicted octanol–water partition coefficient (Wildman–Crippen LogP) is 2.83. The SMILES string of the molecule is COc1ccccc1CN(C)CCCN=[N+]=[N-]. The van der Waals surface area contributed by atoms with E-state index in [0.29, 0.717) is 6.54 Å². The number of benzene rings is 1. The monoisotopic (exact) mass is 234 g/mol. The normalized spacial score (nSPS) is 10.1. The average molecular weight is 234 g/mol. The molecule has 0 unspecified atom stereocenters. The molecule has 0 heterocycles. The molecule has 17 heavy (non-hydrogen) atoms. The first-order valence-electron chi connectivity index (χ1n) is 5.59. The molecule has 0 bridgehead atoms. The van der Waals surface area contributed by atoms with E-state index in [0.717, 1.165) is 25.3 Å². The molecule has 1 aromatic carbocycles. The highest BCUT2D eigenvalue weighted by Crippen LogP contribution is 2.18. The summed E-state index contributed by atoms with van der Waals surface area (Å²) in [5.41, 5.74) is 9.33. The van der Waals surface area contributed by atoms with Crippen molar-refractivity contribution < 1.29 is 4.74 Å². The van der Waals surface area contributed by atoms with Gasteiger partial charge in [0.2, 0.25) is 0 Å². The summed E-state index contributed by atoms with van der Waals surface area (Å²) in [5, 5.41) is 3.51. The van der Waals surface area contributed by atoms with Gasteiger partial charge in [-0.05, 0) is 31.6 Å². The first kappa shape index (κ1) is 13.4. The van der Waals surface area contributed by atoms with Gasteiger partial charge in [0.25, 0.3) is 0 Å². The van der Waals surface area contributed by atoms with Crippen LogP contribution in [0.5, 0.6) is 5.75 Å². The van der Waals surface area contributed by atoms with E-state index >= 15 is 0 Å². The summed E-state index contributed by atoms with van der Waals surface area (Å²) in [4.78, 5) is 4.92. The molecule has 0 aromatic heterocycles. The van der Waals surface area contributed by atoms with Gasteiger partial charge in [-0.1, -0.05) is 23.3 Å². The topological polar surface area (TPSA) is 61.2 Å². The fourth-order valence-corrected chi connectivity index (χ4v) is 1.66. The standard InChI is InChI=1S/C12H18N4O/c1-16(9-5-8-14-15-13)10-11-6-3-4-7-12(11)17-2/h3-4,6-7H,5,8-10H2,1-2H3. The number of azide groups is 1. The summed E-state index contributed by atoms with van der Waals surface area (Å²) >= 11 is 0.